The van der Waals surface area contributed by atoms with Gasteiger partial charge < -0.3 is 4.74 Å². The quantitative estimate of drug-likeness (QED) is 0.757. The fraction of sp³-hybridized carbons (Fsp3) is 0.308. The molecule has 0 amide bonds. The molecule has 5 heteroatoms. The van der Waals surface area contributed by atoms with Crippen molar-refractivity contribution in [3.63, 3.8) is 0 Å². The molecule has 5 nitrogen and oxygen atoms in total. The number of hydrogen-bond donors (Lipinski definition) is 0. The lowest BCUT2D eigenvalue weighted by Crippen LogP contribution is -2.07. The molecule has 0 fully saturated rings. The third-order valence-corrected chi connectivity index (χ3v) is 2.62. The minimum atomic E-state index is 0.0484. The van der Waals surface area contributed by atoms with E-state index in [0.29, 0.717) is 17.9 Å². The summed E-state index contributed by atoms with van der Waals surface area (Å²) in [6.07, 6.45) is 1.51. The molecule has 18 heavy (non-hydrogen) atoms. The molecular formula is C13H15N3O2. The summed E-state index contributed by atoms with van der Waals surface area (Å²) in [5, 5.41) is 4.07. The van der Waals surface area contributed by atoms with Crippen LogP contribution in [0.5, 0.6) is 5.75 Å². The number of ether oxygens (including phenoxy) is 1. The predicted octanol–water partition coefficient (Wildman–Crippen LogP) is 2.08. The molecule has 1 aromatic carbocycles. The van der Waals surface area contributed by atoms with Crippen molar-refractivity contribution in [3.05, 3.63) is 42.0 Å². The largest absolute Gasteiger partial charge is 0.486 e. The van der Waals surface area contributed by atoms with Crippen molar-refractivity contribution in [2.45, 2.75) is 27.0 Å². The Hall–Kier alpha value is -2.17. The standard InChI is InChI=1S/C13H15N3O2/c1-3-16-13(14-9-15-16)8-18-12-6-4-11(5-7-12)10(2)17/h4-7,9H,3,8H2,1-2H3. The first-order chi connectivity index (χ1) is 8.70. The average molecular weight is 245 g/mol. The lowest BCUT2D eigenvalue weighted by molar-refractivity contribution is 0.101. The Bertz CT molecular complexity index is 531. The van der Waals surface area contributed by atoms with Crippen LogP contribution in [0.2, 0.25) is 0 Å². The van der Waals surface area contributed by atoms with Gasteiger partial charge in [-0.05, 0) is 38.1 Å². The predicted molar refractivity (Wildman–Crippen MR) is 66.5 cm³/mol. The fourth-order valence-corrected chi connectivity index (χ4v) is 1.60. The molecule has 0 atom stereocenters. The second-order valence-electron chi connectivity index (χ2n) is 3.86. The van der Waals surface area contributed by atoms with Crippen molar-refractivity contribution in [2.75, 3.05) is 0 Å². The van der Waals surface area contributed by atoms with Gasteiger partial charge in [0.25, 0.3) is 0 Å². The van der Waals surface area contributed by atoms with Crippen molar-refractivity contribution in [3.8, 4) is 5.75 Å². The number of carbonyl (C=O) groups excluding carboxylic acids is 1. The Morgan fingerprint density at radius 3 is 2.67 bits per heavy atom. The number of aromatic nitrogens is 3. The SMILES string of the molecule is CCn1ncnc1COc1ccc(C(C)=O)cc1. The van der Waals surface area contributed by atoms with Gasteiger partial charge in [0.1, 0.15) is 18.7 Å². The second-order valence-corrected chi connectivity index (χ2v) is 3.86. The highest BCUT2D eigenvalue weighted by molar-refractivity contribution is 5.94. The Balaban J connectivity index is 2.00. The van der Waals surface area contributed by atoms with Crippen LogP contribution in [-0.4, -0.2) is 20.5 Å². The van der Waals surface area contributed by atoms with Crippen LogP contribution in [0.1, 0.15) is 30.0 Å². The molecule has 0 bridgehead atoms. The number of benzene rings is 1. The zero-order valence-electron chi connectivity index (χ0n) is 10.5. The molecule has 2 aromatic rings. The molecule has 0 unspecified atom stereocenters. The van der Waals surface area contributed by atoms with E-state index in [1.54, 1.807) is 35.9 Å². The molecule has 1 aromatic heterocycles. The Morgan fingerprint density at radius 1 is 1.33 bits per heavy atom. The minimum Gasteiger partial charge on any atom is -0.486 e. The van der Waals surface area contributed by atoms with Crippen molar-refractivity contribution >= 4 is 5.78 Å². The zero-order chi connectivity index (χ0) is 13.0. The summed E-state index contributed by atoms with van der Waals surface area (Å²) in [6, 6.07) is 7.07. The monoisotopic (exact) mass is 245 g/mol. The molecule has 94 valence electrons. The van der Waals surface area contributed by atoms with Gasteiger partial charge >= 0.3 is 0 Å². The van der Waals surface area contributed by atoms with Crippen LogP contribution >= 0.6 is 0 Å². The minimum absolute atomic E-state index is 0.0484. The number of aryl methyl sites for hydroxylation is 1. The van der Waals surface area contributed by atoms with E-state index in [0.717, 1.165) is 12.4 Å². The molecule has 0 saturated heterocycles. The lowest BCUT2D eigenvalue weighted by atomic mass is 10.1. The molecule has 0 saturated carbocycles. The van der Waals surface area contributed by atoms with Gasteiger partial charge in [-0.25, -0.2) is 9.67 Å². The first-order valence-corrected chi connectivity index (χ1v) is 5.81. The third kappa shape index (κ3) is 2.74. The van der Waals surface area contributed by atoms with E-state index in [2.05, 4.69) is 10.1 Å². The summed E-state index contributed by atoms with van der Waals surface area (Å²) >= 11 is 0. The first kappa shape index (κ1) is 12.3. The Kier molecular flexibility index (Phi) is 3.72. The van der Waals surface area contributed by atoms with Crippen LogP contribution in [0, 0.1) is 0 Å². The van der Waals surface area contributed by atoms with E-state index < -0.39 is 0 Å². The van der Waals surface area contributed by atoms with Crippen LogP contribution < -0.4 is 4.74 Å². The summed E-state index contributed by atoms with van der Waals surface area (Å²) in [5.74, 6) is 1.55. The first-order valence-electron chi connectivity index (χ1n) is 5.81. The highest BCUT2D eigenvalue weighted by Gasteiger charge is 2.04. The molecule has 0 aliphatic rings. The smallest absolute Gasteiger partial charge is 0.164 e. The van der Waals surface area contributed by atoms with E-state index >= 15 is 0 Å². The summed E-state index contributed by atoms with van der Waals surface area (Å²) in [5.41, 5.74) is 0.680. The Morgan fingerprint density at radius 2 is 2.06 bits per heavy atom. The molecule has 0 N–H and O–H groups in total. The van der Waals surface area contributed by atoms with Gasteiger partial charge in [-0.2, -0.15) is 5.10 Å². The van der Waals surface area contributed by atoms with Gasteiger partial charge in [-0.3, -0.25) is 4.79 Å². The Labute approximate surface area is 105 Å². The van der Waals surface area contributed by atoms with E-state index in [1.807, 2.05) is 6.92 Å². The number of Topliss-reactive ketones (excluding diaryl/α,β-unsaturated/α-hetero) is 1. The van der Waals surface area contributed by atoms with Crippen LogP contribution in [0.25, 0.3) is 0 Å². The fourth-order valence-electron chi connectivity index (χ4n) is 1.60. The highest BCUT2D eigenvalue weighted by Crippen LogP contribution is 2.13. The maximum Gasteiger partial charge on any atom is 0.164 e. The third-order valence-electron chi connectivity index (χ3n) is 2.62. The van der Waals surface area contributed by atoms with Crippen LogP contribution in [0.4, 0.5) is 0 Å². The van der Waals surface area contributed by atoms with Crippen LogP contribution in [-0.2, 0) is 13.2 Å². The summed E-state index contributed by atoms with van der Waals surface area (Å²) in [7, 11) is 0. The van der Waals surface area contributed by atoms with Crippen molar-refractivity contribution in [1.82, 2.24) is 14.8 Å². The van der Waals surface area contributed by atoms with E-state index in [9.17, 15) is 4.79 Å². The second kappa shape index (κ2) is 5.44. The number of ketones is 1. The molecule has 0 spiro atoms. The van der Waals surface area contributed by atoms with Gasteiger partial charge in [0, 0.05) is 12.1 Å². The van der Waals surface area contributed by atoms with Crippen LogP contribution in [0.15, 0.2) is 30.6 Å². The molecule has 0 radical (unpaired) electrons. The molecule has 0 aliphatic carbocycles. The van der Waals surface area contributed by atoms with E-state index in [1.165, 1.54) is 6.33 Å². The van der Waals surface area contributed by atoms with Gasteiger partial charge in [0.15, 0.2) is 11.6 Å². The summed E-state index contributed by atoms with van der Waals surface area (Å²) in [4.78, 5) is 15.2. The number of carbonyl (C=O) groups is 1. The van der Waals surface area contributed by atoms with E-state index in [-0.39, 0.29) is 5.78 Å². The molecule has 1 heterocycles. The lowest BCUT2D eigenvalue weighted by Gasteiger charge is -2.06. The highest BCUT2D eigenvalue weighted by atomic mass is 16.5. The van der Waals surface area contributed by atoms with E-state index in [4.69, 9.17) is 4.74 Å². The maximum absolute atomic E-state index is 11.1. The molecule has 0 aliphatic heterocycles. The number of nitrogens with zero attached hydrogens (tertiary/aromatic N) is 3. The summed E-state index contributed by atoms with van der Waals surface area (Å²) < 4.78 is 7.37. The summed E-state index contributed by atoms with van der Waals surface area (Å²) in [6.45, 7) is 4.68. The molecule has 2 rings (SSSR count). The van der Waals surface area contributed by atoms with Gasteiger partial charge in [-0.15, -0.1) is 0 Å². The topological polar surface area (TPSA) is 57.0 Å². The van der Waals surface area contributed by atoms with Crippen molar-refractivity contribution in [1.29, 1.82) is 0 Å². The number of rotatable bonds is 5. The van der Waals surface area contributed by atoms with Crippen molar-refractivity contribution in [2.24, 2.45) is 0 Å². The zero-order valence-corrected chi connectivity index (χ0v) is 10.5. The van der Waals surface area contributed by atoms with Gasteiger partial charge in [0.2, 0.25) is 0 Å². The molecular weight excluding hydrogens is 230 g/mol. The normalized spacial score (nSPS) is 10.3. The number of hydrogen-bond acceptors (Lipinski definition) is 4. The van der Waals surface area contributed by atoms with Crippen LogP contribution in [0.3, 0.4) is 0 Å². The van der Waals surface area contributed by atoms with Gasteiger partial charge in [-0.1, -0.05) is 0 Å². The average Bonchev–Trinajstić information content (AvgIpc) is 2.84. The maximum atomic E-state index is 11.1. The van der Waals surface area contributed by atoms with Gasteiger partial charge in [0.05, 0.1) is 0 Å². The van der Waals surface area contributed by atoms with Crippen molar-refractivity contribution < 1.29 is 9.53 Å².